The summed E-state index contributed by atoms with van der Waals surface area (Å²) in [5.41, 5.74) is 13.9. The van der Waals surface area contributed by atoms with Gasteiger partial charge in [0.1, 0.15) is 16.7 Å². The van der Waals surface area contributed by atoms with E-state index < -0.39 is 0 Å². The van der Waals surface area contributed by atoms with Gasteiger partial charge in [0.15, 0.2) is 5.58 Å². The minimum atomic E-state index is -0.150. The highest BCUT2D eigenvalue weighted by atomic mass is 16.3. The van der Waals surface area contributed by atoms with Crippen LogP contribution in [-0.4, -0.2) is 0 Å². The molecular formula is C49H33NO2. The molecule has 0 amide bonds. The highest BCUT2D eigenvalue weighted by Gasteiger charge is 2.36. The zero-order chi connectivity index (χ0) is 34.6. The Hall–Kier alpha value is -6.58. The van der Waals surface area contributed by atoms with Crippen LogP contribution >= 0.6 is 0 Å². The summed E-state index contributed by atoms with van der Waals surface area (Å²) in [6.07, 6.45) is 0. The van der Waals surface area contributed by atoms with E-state index in [1.54, 1.807) is 0 Å². The third-order valence-corrected chi connectivity index (χ3v) is 11.3. The highest BCUT2D eigenvalue weighted by molar-refractivity contribution is 6.32. The lowest BCUT2D eigenvalue weighted by Crippen LogP contribution is -2.16. The molecule has 0 bridgehead atoms. The maximum Gasteiger partial charge on any atom is 0.160 e. The molecule has 8 aromatic carbocycles. The number of rotatable bonds is 4. The molecule has 0 saturated carbocycles. The van der Waals surface area contributed by atoms with Crippen molar-refractivity contribution < 1.29 is 8.83 Å². The molecule has 0 aliphatic heterocycles. The van der Waals surface area contributed by atoms with Gasteiger partial charge in [0.05, 0.1) is 5.69 Å². The first kappa shape index (κ1) is 29.2. The normalized spacial score (nSPS) is 13.3. The van der Waals surface area contributed by atoms with E-state index in [0.29, 0.717) is 0 Å². The van der Waals surface area contributed by atoms with Gasteiger partial charge in [-0.3, -0.25) is 0 Å². The molecule has 2 aromatic heterocycles. The Bertz CT molecular complexity index is 3040. The summed E-state index contributed by atoms with van der Waals surface area (Å²) in [5, 5.41) is 6.70. The Balaban J connectivity index is 1.22. The SMILES string of the molecule is CC1(C)c2ccccc2-c2ccc(N(c3ccc(-c4ccccc4)cc3)c3cc4oc5ccc6ccccc6c5c4c4c3oc3ccccc34)cc21. The number of hydrogen-bond donors (Lipinski definition) is 0. The number of para-hydroxylation sites is 1. The van der Waals surface area contributed by atoms with Crippen LogP contribution in [-0.2, 0) is 5.41 Å². The van der Waals surface area contributed by atoms with Gasteiger partial charge in [-0.1, -0.05) is 135 Å². The van der Waals surface area contributed by atoms with Gasteiger partial charge in [-0.15, -0.1) is 0 Å². The van der Waals surface area contributed by atoms with Crippen LogP contribution in [0.3, 0.4) is 0 Å². The van der Waals surface area contributed by atoms with Crippen LogP contribution in [0.15, 0.2) is 173 Å². The second-order valence-electron chi connectivity index (χ2n) is 14.5. The van der Waals surface area contributed by atoms with E-state index in [9.17, 15) is 0 Å². The summed E-state index contributed by atoms with van der Waals surface area (Å²) in [4.78, 5) is 2.35. The van der Waals surface area contributed by atoms with Crippen molar-refractivity contribution in [2.45, 2.75) is 19.3 Å². The lowest BCUT2D eigenvalue weighted by atomic mass is 9.82. The molecule has 3 nitrogen and oxygen atoms in total. The average Bonchev–Trinajstić information content (AvgIpc) is 3.84. The quantitative estimate of drug-likeness (QED) is 0.187. The monoisotopic (exact) mass is 667 g/mol. The number of fused-ring (bicyclic) bond motifs is 12. The predicted octanol–water partition coefficient (Wildman–Crippen LogP) is 14.1. The van der Waals surface area contributed by atoms with Crippen LogP contribution in [0.5, 0.6) is 0 Å². The summed E-state index contributed by atoms with van der Waals surface area (Å²) in [6.45, 7) is 4.67. The van der Waals surface area contributed by atoms with E-state index in [-0.39, 0.29) is 5.41 Å². The minimum absolute atomic E-state index is 0.150. The summed E-state index contributed by atoms with van der Waals surface area (Å²) < 4.78 is 13.7. The number of furan rings is 2. The maximum atomic E-state index is 6.94. The Morgan fingerprint density at radius 2 is 1.13 bits per heavy atom. The van der Waals surface area contributed by atoms with Crippen molar-refractivity contribution >= 4 is 71.7 Å². The fraction of sp³-hybridized carbons (Fsp3) is 0.0612. The van der Waals surface area contributed by atoms with Gasteiger partial charge in [0, 0.05) is 44.4 Å². The molecule has 0 fully saturated rings. The van der Waals surface area contributed by atoms with Gasteiger partial charge < -0.3 is 13.7 Å². The molecule has 1 aliphatic carbocycles. The number of hydrogen-bond acceptors (Lipinski definition) is 3. The molecular weight excluding hydrogens is 635 g/mol. The summed E-state index contributed by atoms with van der Waals surface area (Å²) in [6, 6.07) is 58.5. The van der Waals surface area contributed by atoms with Gasteiger partial charge in [-0.25, -0.2) is 0 Å². The average molecular weight is 668 g/mol. The molecule has 2 heterocycles. The van der Waals surface area contributed by atoms with E-state index in [1.807, 2.05) is 6.07 Å². The molecule has 11 rings (SSSR count). The number of nitrogens with zero attached hydrogens (tertiary/aromatic N) is 1. The summed E-state index contributed by atoms with van der Waals surface area (Å²) in [5.74, 6) is 0. The lowest BCUT2D eigenvalue weighted by Gasteiger charge is -2.28. The molecule has 10 aromatic rings. The first-order valence-electron chi connectivity index (χ1n) is 17.9. The summed E-state index contributed by atoms with van der Waals surface area (Å²) >= 11 is 0. The lowest BCUT2D eigenvalue weighted by molar-refractivity contribution is 0.660. The fourth-order valence-corrected chi connectivity index (χ4v) is 8.76. The topological polar surface area (TPSA) is 29.5 Å². The molecule has 0 spiro atoms. The highest BCUT2D eigenvalue weighted by Crippen LogP contribution is 2.53. The van der Waals surface area contributed by atoms with Crippen molar-refractivity contribution in [2.75, 3.05) is 4.90 Å². The first-order chi connectivity index (χ1) is 25.5. The van der Waals surface area contributed by atoms with E-state index in [1.165, 1.54) is 44.2 Å². The van der Waals surface area contributed by atoms with Crippen molar-refractivity contribution in [3.8, 4) is 22.3 Å². The third kappa shape index (κ3) is 4.08. The molecule has 0 radical (unpaired) electrons. The molecule has 0 N–H and O–H groups in total. The Labute approximate surface area is 301 Å². The van der Waals surface area contributed by atoms with Gasteiger partial charge in [-0.05, 0) is 80.6 Å². The molecule has 0 saturated heterocycles. The molecule has 0 unspecified atom stereocenters. The zero-order valence-corrected chi connectivity index (χ0v) is 28.9. The van der Waals surface area contributed by atoms with Gasteiger partial charge in [0.25, 0.3) is 0 Å². The second-order valence-corrected chi connectivity index (χ2v) is 14.5. The zero-order valence-electron chi connectivity index (χ0n) is 28.9. The van der Waals surface area contributed by atoms with E-state index in [0.717, 1.165) is 60.9 Å². The largest absolute Gasteiger partial charge is 0.456 e. The van der Waals surface area contributed by atoms with Crippen molar-refractivity contribution in [3.05, 3.63) is 175 Å². The smallest absolute Gasteiger partial charge is 0.160 e. The van der Waals surface area contributed by atoms with Crippen LogP contribution < -0.4 is 4.90 Å². The Morgan fingerprint density at radius 1 is 0.442 bits per heavy atom. The fourth-order valence-electron chi connectivity index (χ4n) is 8.76. The van der Waals surface area contributed by atoms with Crippen LogP contribution in [0.25, 0.3) is 76.9 Å². The van der Waals surface area contributed by atoms with Crippen molar-refractivity contribution in [3.63, 3.8) is 0 Å². The van der Waals surface area contributed by atoms with Gasteiger partial charge in [0.2, 0.25) is 0 Å². The van der Waals surface area contributed by atoms with Crippen LogP contribution in [0, 0.1) is 0 Å². The number of benzene rings is 8. The standard InChI is InChI=1S/C49H33NO2/c1-49(2)39-18-10-8-16-36(39)37-26-25-34(28-40(37)49)50(33-23-20-31(21-24-33)30-12-4-3-5-13-30)41-29-44-47(46-38-17-9-11-19-42(38)52-48(41)46)45-35-15-7-6-14-32(35)22-27-43(45)51-44/h3-29H,1-2H3. The molecule has 3 heteroatoms. The number of anilines is 3. The van der Waals surface area contributed by atoms with Crippen LogP contribution in [0.1, 0.15) is 25.0 Å². The van der Waals surface area contributed by atoms with E-state index in [4.69, 9.17) is 8.83 Å². The van der Waals surface area contributed by atoms with Gasteiger partial charge >= 0.3 is 0 Å². The third-order valence-electron chi connectivity index (χ3n) is 11.3. The molecule has 52 heavy (non-hydrogen) atoms. The Morgan fingerprint density at radius 3 is 2.00 bits per heavy atom. The van der Waals surface area contributed by atoms with Crippen molar-refractivity contribution in [1.29, 1.82) is 0 Å². The maximum absolute atomic E-state index is 6.94. The molecule has 0 atom stereocenters. The van der Waals surface area contributed by atoms with Crippen LogP contribution in [0.2, 0.25) is 0 Å². The second kappa shape index (κ2) is 10.7. The summed E-state index contributed by atoms with van der Waals surface area (Å²) in [7, 11) is 0. The predicted molar refractivity (Wildman–Crippen MR) is 216 cm³/mol. The first-order valence-corrected chi connectivity index (χ1v) is 17.9. The Kier molecular flexibility index (Phi) is 6.01. The molecule has 246 valence electrons. The van der Waals surface area contributed by atoms with Gasteiger partial charge in [-0.2, -0.15) is 0 Å². The van der Waals surface area contributed by atoms with Crippen LogP contribution in [0.4, 0.5) is 17.1 Å². The van der Waals surface area contributed by atoms with Crippen molar-refractivity contribution in [1.82, 2.24) is 0 Å². The van der Waals surface area contributed by atoms with Crippen molar-refractivity contribution in [2.24, 2.45) is 0 Å². The molecule has 1 aliphatic rings. The minimum Gasteiger partial charge on any atom is -0.456 e. The van der Waals surface area contributed by atoms with E-state index in [2.05, 4.69) is 176 Å². The van der Waals surface area contributed by atoms with E-state index >= 15 is 0 Å².